The molecule has 4 nitrogen and oxygen atoms in total. The first-order valence-corrected chi connectivity index (χ1v) is 12.9. The van der Waals surface area contributed by atoms with Crippen molar-refractivity contribution in [2.45, 2.75) is 116 Å². The van der Waals surface area contributed by atoms with E-state index in [4.69, 9.17) is 4.74 Å². The highest BCUT2D eigenvalue weighted by molar-refractivity contribution is 5.31. The van der Waals surface area contributed by atoms with Crippen molar-refractivity contribution < 1.29 is 20.1 Å². The van der Waals surface area contributed by atoms with Gasteiger partial charge >= 0.3 is 0 Å². The zero-order valence-electron chi connectivity index (χ0n) is 20.2. The Morgan fingerprint density at radius 2 is 1.87 bits per heavy atom. The molecule has 0 radical (unpaired) electrons. The topological polar surface area (TPSA) is 73.2 Å². The molecule has 4 aliphatic carbocycles. The third-order valence-electron chi connectivity index (χ3n) is 10.6. The number of rotatable bonds is 4. The molecule has 0 amide bonds. The van der Waals surface area contributed by atoms with E-state index >= 15 is 0 Å². The van der Waals surface area contributed by atoms with Gasteiger partial charge in [0.25, 0.3) is 0 Å². The highest BCUT2D eigenvalue weighted by Crippen LogP contribution is 2.67. The van der Waals surface area contributed by atoms with E-state index in [9.17, 15) is 15.3 Å². The summed E-state index contributed by atoms with van der Waals surface area (Å²) < 4.78 is 6.02. The minimum atomic E-state index is -0.789. The molecular formula is C27H44O4. The molecule has 5 unspecified atom stereocenters. The molecule has 0 aromatic rings. The molecule has 0 spiro atoms. The number of hydrogen-bond acceptors (Lipinski definition) is 4. The van der Waals surface area contributed by atoms with Gasteiger partial charge in [-0.25, -0.2) is 0 Å². The molecule has 11 atom stereocenters. The predicted octanol–water partition coefficient (Wildman–Crippen LogP) is 4.46. The second kappa shape index (κ2) is 7.29. The summed E-state index contributed by atoms with van der Waals surface area (Å²) in [4.78, 5) is 0. The number of ether oxygens (including phenoxy) is 1. The maximum absolute atomic E-state index is 11.7. The molecule has 5 aliphatic rings. The van der Waals surface area contributed by atoms with Gasteiger partial charge in [-0.05, 0) is 98.7 Å². The highest BCUT2D eigenvalue weighted by Gasteiger charge is 2.65. The molecule has 1 aliphatic heterocycles. The molecule has 176 valence electrons. The summed E-state index contributed by atoms with van der Waals surface area (Å²) in [6.45, 7) is 11.2. The van der Waals surface area contributed by atoms with Crippen molar-refractivity contribution in [1.82, 2.24) is 0 Å². The van der Waals surface area contributed by atoms with Gasteiger partial charge in [-0.2, -0.15) is 0 Å². The summed E-state index contributed by atoms with van der Waals surface area (Å²) in [5.74, 6) is 1.94. The molecule has 0 aromatic carbocycles. The molecule has 31 heavy (non-hydrogen) atoms. The van der Waals surface area contributed by atoms with Crippen LogP contribution in [-0.4, -0.2) is 45.3 Å². The maximum atomic E-state index is 11.7. The van der Waals surface area contributed by atoms with Crippen LogP contribution in [0.3, 0.4) is 0 Å². The zero-order valence-corrected chi connectivity index (χ0v) is 20.2. The summed E-state index contributed by atoms with van der Waals surface area (Å²) in [7, 11) is 0. The standard InChI is InChI=1S/C27H44O4/c1-15(2)12-22-24(31-22)27(5,30)23-7-6-18-17-14-21(29)20-13-16(28)8-10-25(20,3)19(17)9-11-26(18,23)4/h9,15-18,20-24,28-30H,6-8,10-14H2,1-5H3/t16?,17-,18-,20?,21?,22?,23-,24?,25+,26-,27+/m0/s1. The largest absolute Gasteiger partial charge is 0.393 e. The molecule has 1 saturated heterocycles. The Hall–Kier alpha value is -0.420. The average molecular weight is 433 g/mol. The van der Waals surface area contributed by atoms with Crippen LogP contribution < -0.4 is 0 Å². The molecule has 3 saturated carbocycles. The van der Waals surface area contributed by atoms with Crippen LogP contribution in [0.4, 0.5) is 0 Å². The van der Waals surface area contributed by atoms with Crippen molar-refractivity contribution in [2.75, 3.05) is 0 Å². The van der Waals surface area contributed by atoms with Crippen LogP contribution in [0.2, 0.25) is 0 Å². The van der Waals surface area contributed by atoms with E-state index in [0.717, 1.165) is 51.4 Å². The lowest BCUT2D eigenvalue weighted by Crippen LogP contribution is -2.55. The fourth-order valence-corrected chi connectivity index (χ4v) is 9.01. The van der Waals surface area contributed by atoms with Crippen molar-refractivity contribution in [1.29, 1.82) is 0 Å². The van der Waals surface area contributed by atoms with Crippen molar-refractivity contribution in [3.63, 3.8) is 0 Å². The zero-order chi connectivity index (χ0) is 22.3. The van der Waals surface area contributed by atoms with Gasteiger partial charge in [0.05, 0.1) is 23.9 Å². The molecule has 4 fully saturated rings. The third-order valence-corrected chi connectivity index (χ3v) is 10.6. The number of aliphatic hydroxyl groups excluding tert-OH is 2. The molecule has 0 aromatic heterocycles. The van der Waals surface area contributed by atoms with Crippen molar-refractivity contribution in [2.24, 2.45) is 40.4 Å². The van der Waals surface area contributed by atoms with Crippen LogP contribution in [0.25, 0.3) is 0 Å². The van der Waals surface area contributed by atoms with Gasteiger partial charge in [-0.3, -0.25) is 0 Å². The Kier molecular flexibility index (Phi) is 5.26. The van der Waals surface area contributed by atoms with Crippen LogP contribution in [0.1, 0.15) is 86.0 Å². The van der Waals surface area contributed by atoms with Crippen LogP contribution in [0.5, 0.6) is 0 Å². The van der Waals surface area contributed by atoms with E-state index in [2.05, 4.69) is 33.8 Å². The molecule has 5 rings (SSSR count). The number of hydrogen-bond donors (Lipinski definition) is 3. The summed E-state index contributed by atoms with van der Waals surface area (Å²) in [6, 6.07) is 0. The first kappa shape index (κ1) is 22.4. The van der Waals surface area contributed by atoms with E-state index < -0.39 is 5.60 Å². The Bertz CT molecular complexity index is 744. The summed E-state index contributed by atoms with van der Waals surface area (Å²) in [5, 5.41) is 33.2. The van der Waals surface area contributed by atoms with Crippen molar-refractivity contribution in [3.05, 3.63) is 11.6 Å². The van der Waals surface area contributed by atoms with Gasteiger partial charge in [0, 0.05) is 0 Å². The molecule has 0 bridgehead atoms. The monoisotopic (exact) mass is 432 g/mol. The second-order valence-electron chi connectivity index (χ2n) is 12.9. The Morgan fingerprint density at radius 1 is 1.13 bits per heavy atom. The van der Waals surface area contributed by atoms with Gasteiger partial charge in [0.1, 0.15) is 6.10 Å². The van der Waals surface area contributed by atoms with Crippen molar-refractivity contribution >= 4 is 0 Å². The molecule has 1 heterocycles. The summed E-state index contributed by atoms with van der Waals surface area (Å²) >= 11 is 0. The van der Waals surface area contributed by atoms with E-state index in [0.29, 0.717) is 17.8 Å². The minimum Gasteiger partial charge on any atom is -0.393 e. The lowest BCUT2D eigenvalue weighted by molar-refractivity contribution is -0.102. The minimum absolute atomic E-state index is 0.0193. The van der Waals surface area contributed by atoms with E-state index in [1.165, 1.54) is 0 Å². The van der Waals surface area contributed by atoms with Gasteiger partial charge in [-0.15, -0.1) is 0 Å². The number of aliphatic hydroxyl groups is 3. The second-order valence-corrected chi connectivity index (χ2v) is 12.9. The quantitative estimate of drug-likeness (QED) is 0.453. The Labute approximate surface area is 188 Å². The molecular weight excluding hydrogens is 388 g/mol. The van der Waals surface area contributed by atoms with Gasteiger partial charge < -0.3 is 20.1 Å². The lowest BCUT2D eigenvalue weighted by Gasteiger charge is -2.58. The van der Waals surface area contributed by atoms with Gasteiger partial charge in [0.2, 0.25) is 0 Å². The number of epoxide rings is 1. The fraction of sp³-hybridized carbons (Fsp3) is 0.926. The van der Waals surface area contributed by atoms with Crippen LogP contribution in [-0.2, 0) is 4.74 Å². The lowest BCUT2D eigenvalue weighted by atomic mass is 9.47. The van der Waals surface area contributed by atoms with Gasteiger partial charge in [0.15, 0.2) is 0 Å². The van der Waals surface area contributed by atoms with Crippen LogP contribution >= 0.6 is 0 Å². The van der Waals surface area contributed by atoms with Crippen LogP contribution in [0, 0.1) is 40.4 Å². The Morgan fingerprint density at radius 3 is 2.58 bits per heavy atom. The molecule has 3 N–H and O–H groups in total. The first-order chi connectivity index (χ1) is 14.5. The first-order valence-electron chi connectivity index (χ1n) is 12.9. The smallest absolute Gasteiger partial charge is 0.113 e. The number of fused-ring (bicyclic) bond motifs is 5. The highest BCUT2D eigenvalue weighted by atomic mass is 16.6. The fourth-order valence-electron chi connectivity index (χ4n) is 9.01. The van der Waals surface area contributed by atoms with Crippen LogP contribution in [0.15, 0.2) is 11.6 Å². The normalized spacial score (nSPS) is 53.3. The van der Waals surface area contributed by atoms with Gasteiger partial charge in [-0.1, -0.05) is 39.3 Å². The third kappa shape index (κ3) is 3.30. The molecule has 4 heteroatoms. The number of allylic oxidation sites excluding steroid dienone is 2. The van der Waals surface area contributed by atoms with Crippen molar-refractivity contribution in [3.8, 4) is 0 Å². The average Bonchev–Trinajstić information content (AvgIpc) is 3.34. The Balaban J connectivity index is 1.41. The van der Waals surface area contributed by atoms with E-state index in [1.807, 2.05) is 6.92 Å². The van der Waals surface area contributed by atoms with E-state index in [1.54, 1.807) is 5.57 Å². The SMILES string of the molecule is CC(C)CC1OC1[C@](C)(O)[C@H]1CC[C@H]2[C@@H]3CC(O)C4CC(O)CC[C@]4(C)C3=CC[C@@]21C. The maximum Gasteiger partial charge on any atom is 0.113 e. The summed E-state index contributed by atoms with van der Waals surface area (Å²) in [6.07, 6.45) is 9.71. The van der Waals surface area contributed by atoms with E-state index in [-0.39, 0.29) is 47.1 Å². The predicted molar refractivity (Wildman–Crippen MR) is 121 cm³/mol. The summed E-state index contributed by atoms with van der Waals surface area (Å²) in [5.41, 5.74) is 0.857.